The zero-order valence-corrected chi connectivity index (χ0v) is 24.7. The van der Waals surface area contributed by atoms with Gasteiger partial charge in [0.1, 0.15) is 5.76 Å². The molecule has 1 saturated heterocycles. The quantitative estimate of drug-likeness (QED) is 0.311. The summed E-state index contributed by atoms with van der Waals surface area (Å²) in [6.45, 7) is 1.02. The summed E-state index contributed by atoms with van der Waals surface area (Å²) < 4.78 is 12.9. The maximum atomic E-state index is 13.4. The molecule has 0 spiro atoms. The van der Waals surface area contributed by atoms with Gasteiger partial charge in [-0.15, -0.1) is 11.3 Å². The molecule has 1 aliphatic carbocycles. The molecule has 1 saturated carbocycles. The number of ether oxygens (including phenoxy) is 2. The van der Waals surface area contributed by atoms with Gasteiger partial charge in [-0.2, -0.15) is 0 Å². The Morgan fingerprint density at radius 2 is 1.98 bits per heavy atom. The fraction of sp³-hybridized carbons (Fsp3) is 0.367. The number of aromatic nitrogens is 1. The van der Waals surface area contributed by atoms with Gasteiger partial charge in [-0.3, -0.25) is 19.1 Å². The van der Waals surface area contributed by atoms with Gasteiger partial charge in [-0.25, -0.2) is 4.79 Å². The van der Waals surface area contributed by atoms with Crippen molar-refractivity contribution in [3.63, 3.8) is 0 Å². The molecule has 3 aromatic rings. The Morgan fingerprint density at radius 1 is 1.17 bits per heavy atom. The van der Waals surface area contributed by atoms with E-state index in [1.54, 1.807) is 48.2 Å². The number of aliphatic hydroxyl groups is 1. The minimum atomic E-state index is -0.579. The van der Waals surface area contributed by atoms with Crippen LogP contribution in [-0.4, -0.2) is 54.0 Å². The molecule has 2 aromatic heterocycles. The molecule has 3 heterocycles. The number of carbonyl (C=O) groups excluding carboxylic acids is 2. The van der Waals surface area contributed by atoms with Crippen molar-refractivity contribution < 1.29 is 24.2 Å². The zero-order valence-electron chi connectivity index (χ0n) is 23.2. The van der Waals surface area contributed by atoms with E-state index in [-0.39, 0.29) is 36.5 Å². The van der Waals surface area contributed by atoms with E-state index in [4.69, 9.17) is 21.1 Å². The number of benzene rings is 1. The molecule has 12 heteroatoms. The number of anilines is 1. The van der Waals surface area contributed by atoms with Crippen LogP contribution >= 0.6 is 22.9 Å². The number of hydrogen-bond donors (Lipinski definition) is 3. The number of thiophene rings is 1. The van der Waals surface area contributed by atoms with Crippen LogP contribution in [0.3, 0.4) is 0 Å². The number of halogens is 1. The number of methoxy groups -OCH3 is 1. The molecule has 0 unspecified atom stereocenters. The van der Waals surface area contributed by atoms with E-state index in [1.165, 1.54) is 11.1 Å². The Labute approximate surface area is 252 Å². The van der Waals surface area contributed by atoms with Crippen molar-refractivity contribution in [2.45, 2.75) is 50.9 Å². The minimum Gasteiger partial charge on any atom is -0.411 e. The summed E-state index contributed by atoms with van der Waals surface area (Å²) in [7, 11) is 1.57. The van der Waals surface area contributed by atoms with Crippen molar-refractivity contribution in [2.24, 2.45) is 0 Å². The third-order valence-electron chi connectivity index (χ3n) is 7.40. The molecule has 3 N–H and O–H groups in total. The average molecular weight is 613 g/mol. The van der Waals surface area contributed by atoms with E-state index in [9.17, 15) is 19.5 Å². The van der Waals surface area contributed by atoms with Gasteiger partial charge in [0, 0.05) is 42.4 Å². The minimum absolute atomic E-state index is 0.114. The Morgan fingerprint density at radius 3 is 2.71 bits per heavy atom. The summed E-state index contributed by atoms with van der Waals surface area (Å²) in [6, 6.07) is 12.7. The molecule has 2 aliphatic rings. The number of carbonyl (C=O) groups is 2. The summed E-state index contributed by atoms with van der Waals surface area (Å²) in [5.41, 5.74) is 2.53. The lowest BCUT2D eigenvalue weighted by atomic mass is 9.93. The number of nitrogens with one attached hydrogen (secondary N) is 2. The van der Waals surface area contributed by atoms with E-state index < -0.39 is 6.09 Å². The molecule has 2 fully saturated rings. The summed E-state index contributed by atoms with van der Waals surface area (Å²) in [5.74, 6) is -0.0618. The van der Waals surface area contributed by atoms with Crippen molar-refractivity contribution in [1.29, 1.82) is 0 Å². The molecule has 10 nitrogen and oxygen atoms in total. The first-order valence-corrected chi connectivity index (χ1v) is 15.0. The van der Waals surface area contributed by atoms with Gasteiger partial charge in [0.2, 0.25) is 0 Å². The molecule has 42 heavy (non-hydrogen) atoms. The summed E-state index contributed by atoms with van der Waals surface area (Å²) in [5, 5.41) is 15.9. The van der Waals surface area contributed by atoms with E-state index >= 15 is 0 Å². The fourth-order valence-corrected chi connectivity index (χ4v) is 6.15. The lowest BCUT2D eigenvalue weighted by molar-refractivity contribution is 0.0972. The van der Waals surface area contributed by atoms with E-state index in [0.717, 1.165) is 42.6 Å². The van der Waals surface area contributed by atoms with Gasteiger partial charge in [-0.1, -0.05) is 17.7 Å². The van der Waals surface area contributed by atoms with Crippen LogP contribution in [0.5, 0.6) is 0 Å². The fourth-order valence-electron chi connectivity index (χ4n) is 5.20. The smallest absolute Gasteiger partial charge is 0.411 e. The Kier molecular flexibility index (Phi) is 9.76. The molecule has 0 atom stereocenters. The highest BCUT2D eigenvalue weighted by Crippen LogP contribution is 2.28. The molecular weight excluding hydrogens is 580 g/mol. The van der Waals surface area contributed by atoms with Gasteiger partial charge in [-0.05, 0) is 75.0 Å². The number of aliphatic hydroxyl groups excluding tert-OH is 1. The third kappa shape index (κ3) is 7.11. The Balaban J connectivity index is 1.28. The van der Waals surface area contributed by atoms with Crippen molar-refractivity contribution in [1.82, 2.24) is 15.2 Å². The lowest BCUT2D eigenvalue weighted by Crippen LogP contribution is -2.36. The normalized spacial score (nSPS) is 19.7. The molecular formula is C30H33ClN4O6S. The first-order valence-electron chi connectivity index (χ1n) is 13.8. The Bertz CT molecular complexity index is 1530. The lowest BCUT2D eigenvalue weighted by Gasteiger charge is -2.26. The van der Waals surface area contributed by atoms with Crippen LogP contribution in [0, 0.1) is 0 Å². The van der Waals surface area contributed by atoms with Gasteiger partial charge >= 0.3 is 6.09 Å². The summed E-state index contributed by atoms with van der Waals surface area (Å²) >= 11 is 7.05. The number of amides is 2. The van der Waals surface area contributed by atoms with Crippen LogP contribution in [0.25, 0.3) is 5.69 Å². The highest BCUT2D eigenvalue weighted by Gasteiger charge is 2.29. The maximum absolute atomic E-state index is 13.4. The number of hydrogen-bond acceptors (Lipinski definition) is 8. The highest BCUT2D eigenvalue weighted by molar-refractivity contribution is 7.18. The van der Waals surface area contributed by atoms with Crippen molar-refractivity contribution in [2.75, 3.05) is 25.1 Å². The molecule has 1 aromatic carbocycles. The maximum Gasteiger partial charge on any atom is 0.419 e. The molecule has 1 aliphatic heterocycles. The van der Waals surface area contributed by atoms with Gasteiger partial charge < -0.3 is 25.2 Å². The van der Waals surface area contributed by atoms with Crippen LogP contribution in [0.4, 0.5) is 10.5 Å². The molecule has 5 rings (SSSR count). The standard InChI is InChI=1S/C30H33ClN4O6S/c1-40-18-20-15-22(35-17-24(41-30(35)39)16-33-28(37)26-10-11-27(31)42-26)6-9-25(20)34-14-2-3-19(29(34)38)12-13-32-21-4-7-23(36)8-5-21/h2-3,6,9-11,14-16,21,23,32,36H,4-5,7-8,12-13,17-18H2,1H3,(H,33,37)/b24-16-. The average Bonchev–Trinajstić information content (AvgIpc) is 3.59. The predicted molar refractivity (Wildman–Crippen MR) is 161 cm³/mol. The second-order valence-corrected chi connectivity index (χ2v) is 12.0. The number of nitrogens with zero attached hydrogens (tertiary/aromatic N) is 2. The molecule has 0 radical (unpaired) electrons. The van der Waals surface area contributed by atoms with Crippen molar-refractivity contribution >= 4 is 40.6 Å². The van der Waals surface area contributed by atoms with Crippen LogP contribution < -0.4 is 21.1 Å². The first-order chi connectivity index (χ1) is 20.3. The summed E-state index contributed by atoms with van der Waals surface area (Å²) in [4.78, 5) is 40.3. The second-order valence-electron chi connectivity index (χ2n) is 10.3. The van der Waals surface area contributed by atoms with Gasteiger partial charge in [0.05, 0.1) is 34.2 Å². The summed E-state index contributed by atoms with van der Waals surface area (Å²) in [6.07, 6.45) is 6.40. The topological polar surface area (TPSA) is 122 Å². The molecule has 222 valence electrons. The number of cyclic esters (lactones) is 1. The van der Waals surface area contributed by atoms with Crippen molar-refractivity contribution in [3.8, 4) is 5.69 Å². The monoisotopic (exact) mass is 612 g/mol. The molecule has 0 bridgehead atoms. The predicted octanol–water partition coefficient (Wildman–Crippen LogP) is 4.36. The van der Waals surface area contributed by atoms with Crippen LogP contribution in [0.15, 0.2) is 65.4 Å². The zero-order chi connectivity index (χ0) is 29.6. The molecule has 2 amide bonds. The second kappa shape index (κ2) is 13.7. The van der Waals surface area contributed by atoms with E-state index in [1.807, 2.05) is 12.1 Å². The largest absolute Gasteiger partial charge is 0.419 e. The van der Waals surface area contributed by atoms with E-state index in [2.05, 4.69) is 10.6 Å². The first kappa shape index (κ1) is 30.0. The van der Waals surface area contributed by atoms with Gasteiger partial charge in [0.15, 0.2) is 0 Å². The van der Waals surface area contributed by atoms with Gasteiger partial charge in [0.25, 0.3) is 11.5 Å². The highest BCUT2D eigenvalue weighted by atomic mass is 35.5. The van der Waals surface area contributed by atoms with Crippen LogP contribution in [-0.2, 0) is 22.5 Å². The number of pyridine rings is 1. The van der Waals surface area contributed by atoms with Crippen molar-refractivity contribution in [3.05, 3.63) is 91.3 Å². The van der Waals surface area contributed by atoms with E-state index in [0.29, 0.717) is 45.2 Å². The SMILES string of the molecule is COCc1cc(N2C/C(=C/NC(=O)c3ccc(Cl)s3)OC2=O)ccc1-n1cccc(CCNC2CCC(O)CC2)c1=O. The Hall–Kier alpha value is -3.48. The third-order valence-corrected chi connectivity index (χ3v) is 8.63. The number of rotatable bonds is 10. The van der Waals surface area contributed by atoms with Crippen LogP contribution in [0.1, 0.15) is 46.5 Å². The van der Waals surface area contributed by atoms with Crippen LogP contribution in [0.2, 0.25) is 4.34 Å².